The molecule has 1 heterocycles. The Morgan fingerprint density at radius 2 is 2.16 bits per heavy atom. The third-order valence-corrected chi connectivity index (χ3v) is 3.31. The van der Waals surface area contributed by atoms with Crippen molar-refractivity contribution in [1.82, 2.24) is 4.98 Å². The zero-order chi connectivity index (χ0) is 13.5. The molecule has 2 aromatic rings. The first kappa shape index (κ1) is 13.3. The number of benzene rings is 1. The first-order valence-corrected chi connectivity index (χ1v) is 6.59. The molecule has 0 radical (unpaired) electrons. The fourth-order valence-electron chi connectivity index (χ4n) is 1.44. The van der Waals surface area contributed by atoms with E-state index in [1.165, 1.54) is 11.3 Å². The highest BCUT2D eigenvalue weighted by atomic mass is 32.1. The monoisotopic (exact) mass is 275 g/mol. The lowest BCUT2D eigenvalue weighted by molar-refractivity contribution is -0.131. The van der Waals surface area contributed by atoms with Gasteiger partial charge >= 0.3 is 5.97 Å². The highest BCUT2D eigenvalue weighted by molar-refractivity contribution is 7.12. The fraction of sp³-hybridized carbons (Fsp3) is 0.143. The van der Waals surface area contributed by atoms with Gasteiger partial charge < -0.3 is 9.84 Å². The molecule has 0 spiro atoms. The average Bonchev–Trinajstić information content (AvgIpc) is 2.86. The predicted octanol–water partition coefficient (Wildman–Crippen LogP) is 2.86. The zero-order valence-corrected chi connectivity index (χ0v) is 11.0. The quantitative estimate of drug-likeness (QED) is 0.823. The van der Waals surface area contributed by atoms with Crippen LogP contribution in [0.2, 0.25) is 0 Å². The van der Waals surface area contributed by atoms with Gasteiger partial charge in [-0.05, 0) is 18.2 Å². The summed E-state index contributed by atoms with van der Waals surface area (Å²) in [7, 11) is 0. The third kappa shape index (κ3) is 4.56. The summed E-state index contributed by atoms with van der Waals surface area (Å²) in [6.45, 7) is 0.555. The van der Waals surface area contributed by atoms with Crippen LogP contribution in [0.4, 0.5) is 0 Å². The van der Waals surface area contributed by atoms with Gasteiger partial charge in [0, 0.05) is 23.6 Å². The van der Waals surface area contributed by atoms with Gasteiger partial charge in [-0.25, -0.2) is 9.78 Å². The molecule has 0 atom stereocenters. The first-order chi connectivity index (χ1) is 9.24. The van der Waals surface area contributed by atoms with Crippen molar-refractivity contribution in [3.63, 3.8) is 0 Å². The number of carbonyl (C=O) groups is 1. The number of thiazole rings is 1. The minimum absolute atomic E-state index is 0.555. The van der Waals surface area contributed by atoms with Crippen molar-refractivity contribution in [1.29, 1.82) is 0 Å². The van der Waals surface area contributed by atoms with Crippen molar-refractivity contribution in [2.45, 2.75) is 6.42 Å². The van der Waals surface area contributed by atoms with Gasteiger partial charge in [0.15, 0.2) is 0 Å². The van der Waals surface area contributed by atoms with Crippen molar-refractivity contribution in [3.8, 4) is 5.75 Å². The molecule has 0 fully saturated rings. The SMILES string of the molecule is O=C(O)/C=C/c1cnc(CCOc2ccccc2)s1. The maximum Gasteiger partial charge on any atom is 0.328 e. The van der Waals surface area contributed by atoms with Gasteiger partial charge in [-0.3, -0.25) is 0 Å². The number of carboxylic acid groups (broad SMARTS) is 1. The summed E-state index contributed by atoms with van der Waals surface area (Å²) in [5, 5.41) is 9.46. The van der Waals surface area contributed by atoms with E-state index in [0.717, 1.165) is 21.7 Å². The second-order valence-electron chi connectivity index (χ2n) is 3.74. The van der Waals surface area contributed by atoms with E-state index in [2.05, 4.69) is 4.98 Å². The summed E-state index contributed by atoms with van der Waals surface area (Å²) >= 11 is 1.47. The van der Waals surface area contributed by atoms with Gasteiger partial charge in [-0.1, -0.05) is 18.2 Å². The molecule has 1 aromatic heterocycles. The third-order valence-electron chi connectivity index (χ3n) is 2.29. The maximum atomic E-state index is 10.4. The molecule has 1 aromatic carbocycles. The normalized spacial score (nSPS) is 10.7. The van der Waals surface area contributed by atoms with Crippen LogP contribution in [-0.4, -0.2) is 22.7 Å². The Balaban J connectivity index is 1.82. The Kier molecular flexibility index (Phi) is 4.69. The maximum absolute atomic E-state index is 10.4. The second-order valence-corrected chi connectivity index (χ2v) is 4.89. The van der Waals surface area contributed by atoms with E-state index in [4.69, 9.17) is 9.84 Å². The van der Waals surface area contributed by atoms with Gasteiger partial charge in [0.1, 0.15) is 5.75 Å². The van der Waals surface area contributed by atoms with Crippen LogP contribution in [0.3, 0.4) is 0 Å². The van der Waals surface area contributed by atoms with E-state index >= 15 is 0 Å². The van der Waals surface area contributed by atoms with E-state index in [0.29, 0.717) is 13.0 Å². The molecule has 5 heteroatoms. The summed E-state index contributed by atoms with van der Waals surface area (Å²) in [5.41, 5.74) is 0. The minimum Gasteiger partial charge on any atom is -0.493 e. The van der Waals surface area contributed by atoms with E-state index < -0.39 is 5.97 Å². The fourth-order valence-corrected chi connectivity index (χ4v) is 2.25. The van der Waals surface area contributed by atoms with Crippen molar-refractivity contribution < 1.29 is 14.6 Å². The summed E-state index contributed by atoms with van der Waals surface area (Å²) in [5.74, 6) is -0.118. The van der Waals surface area contributed by atoms with E-state index in [1.54, 1.807) is 12.3 Å². The lowest BCUT2D eigenvalue weighted by Gasteiger charge is -2.03. The van der Waals surface area contributed by atoms with Crippen LogP contribution in [0.15, 0.2) is 42.6 Å². The number of rotatable bonds is 6. The minimum atomic E-state index is -0.956. The molecule has 0 saturated heterocycles. The van der Waals surface area contributed by atoms with Crippen LogP contribution in [0.25, 0.3) is 6.08 Å². The summed E-state index contributed by atoms with van der Waals surface area (Å²) in [4.78, 5) is 15.4. The molecule has 0 saturated carbocycles. The Hall–Kier alpha value is -2.14. The lowest BCUT2D eigenvalue weighted by atomic mass is 10.3. The largest absolute Gasteiger partial charge is 0.493 e. The molecule has 4 nitrogen and oxygen atoms in total. The van der Waals surface area contributed by atoms with Crippen LogP contribution in [0.1, 0.15) is 9.88 Å². The standard InChI is InChI=1S/C14H13NO3S/c16-14(17)7-6-12-10-15-13(19-12)8-9-18-11-4-2-1-3-5-11/h1-7,10H,8-9H2,(H,16,17)/b7-6+. The molecule has 0 bridgehead atoms. The van der Waals surface area contributed by atoms with Gasteiger partial charge in [-0.2, -0.15) is 0 Å². The molecule has 0 amide bonds. The summed E-state index contributed by atoms with van der Waals surface area (Å²) in [6, 6.07) is 9.60. The molecule has 0 aliphatic heterocycles. The molecule has 0 unspecified atom stereocenters. The first-order valence-electron chi connectivity index (χ1n) is 5.77. The van der Waals surface area contributed by atoms with E-state index in [-0.39, 0.29) is 0 Å². The predicted molar refractivity (Wildman–Crippen MR) is 74.4 cm³/mol. The van der Waals surface area contributed by atoms with Gasteiger partial charge in [-0.15, -0.1) is 11.3 Å². The molecule has 0 aliphatic carbocycles. The second kappa shape index (κ2) is 6.70. The number of hydrogen-bond acceptors (Lipinski definition) is 4. The molecule has 1 N–H and O–H groups in total. The number of hydrogen-bond donors (Lipinski definition) is 1. The topological polar surface area (TPSA) is 59.4 Å². The molecule has 2 rings (SSSR count). The Bertz CT molecular complexity index is 563. The van der Waals surface area contributed by atoms with E-state index in [1.807, 2.05) is 30.3 Å². The van der Waals surface area contributed by atoms with Gasteiger partial charge in [0.25, 0.3) is 0 Å². The smallest absolute Gasteiger partial charge is 0.328 e. The van der Waals surface area contributed by atoms with E-state index in [9.17, 15) is 4.79 Å². The summed E-state index contributed by atoms with van der Waals surface area (Å²) in [6.07, 6.45) is 5.03. The molecule has 19 heavy (non-hydrogen) atoms. The van der Waals surface area contributed by atoms with Crippen molar-refractivity contribution in [2.24, 2.45) is 0 Å². The van der Waals surface area contributed by atoms with Crippen molar-refractivity contribution >= 4 is 23.4 Å². The average molecular weight is 275 g/mol. The number of aromatic nitrogens is 1. The highest BCUT2D eigenvalue weighted by Crippen LogP contribution is 2.16. The molecular formula is C14H13NO3S. The number of aliphatic carboxylic acids is 1. The number of ether oxygens (including phenoxy) is 1. The Morgan fingerprint density at radius 1 is 1.37 bits per heavy atom. The molecule has 0 aliphatic rings. The van der Waals surface area contributed by atoms with Crippen LogP contribution in [0.5, 0.6) is 5.75 Å². The van der Waals surface area contributed by atoms with Crippen molar-refractivity contribution in [3.05, 3.63) is 52.5 Å². The molecule has 98 valence electrons. The number of nitrogens with zero attached hydrogens (tertiary/aromatic N) is 1. The summed E-state index contributed by atoms with van der Waals surface area (Å²) < 4.78 is 5.57. The Labute approximate surface area is 115 Å². The lowest BCUT2D eigenvalue weighted by Crippen LogP contribution is -2.00. The van der Waals surface area contributed by atoms with Crippen LogP contribution >= 0.6 is 11.3 Å². The van der Waals surface area contributed by atoms with Crippen molar-refractivity contribution in [2.75, 3.05) is 6.61 Å². The van der Waals surface area contributed by atoms with Crippen LogP contribution in [-0.2, 0) is 11.2 Å². The van der Waals surface area contributed by atoms with Crippen LogP contribution < -0.4 is 4.74 Å². The zero-order valence-electron chi connectivity index (χ0n) is 10.2. The Morgan fingerprint density at radius 3 is 2.89 bits per heavy atom. The number of carboxylic acids is 1. The van der Waals surface area contributed by atoms with Gasteiger partial charge in [0.2, 0.25) is 0 Å². The van der Waals surface area contributed by atoms with Gasteiger partial charge in [0.05, 0.1) is 11.6 Å². The van der Waals surface area contributed by atoms with Crippen LogP contribution in [0, 0.1) is 0 Å². The number of para-hydroxylation sites is 1. The molecular weight excluding hydrogens is 262 g/mol. The highest BCUT2D eigenvalue weighted by Gasteiger charge is 2.01.